The fourth-order valence-corrected chi connectivity index (χ4v) is 4.66. The Morgan fingerprint density at radius 1 is 1.27 bits per heavy atom. The highest BCUT2D eigenvalue weighted by molar-refractivity contribution is 7.89. The molecule has 0 saturated carbocycles. The molecule has 0 aliphatic heterocycles. The first-order valence-electron chi connectivity index (χ1n) is 9.20. The molecule has 1 aromatic carbocycles. The number of carbonyl (C=O) groups is 2. The minimum atomic E-state index is -3.98. The quantitative estimate of drug-likeness (QED) is 0.398. The number of sulfonamides is 1. The molecule has 12 heteroatoms. The van der Waals surface area contributed by atoms with Crippen LogP contribution in [0.25, 0.3) is 0 Å². The van der Waals surface area contributed by atoms with Crippen molar-refractivity contribution in [3.05, 3.63) is 39.8 Å². The number of amides is 1. The standard InChI is InChI=1S/C18H25N5O5S2/c1-12-5-3-6-13(9-12)30(26,27)23-14(18(25)28-2)11-20-15(24)10-17-22-21-16(29-17)7-4-8-19/h3,5-6,9,14,23H,4,7-8,10-11,19H2,1-2H3,(H,20,24)/t14-/m0/s1. The first-order chi connectivity index (χ1) is 14.2. The maximum Gasteiger partial charge on any atom is 0.325 e. The van der Waals surface area contributed by atoms with Crippen molar-refractivity contribution in [1.29, 1.82) is 0 Å². The SMILES string of the molecule is COC(=O)[C@H](CNC(=O)Cc1nnc(CCCN)s1)NS(=O)(=O)c1cccc(C)c1. The molecule has 2 rings (SSSR count). The summed E-state index contributed by atoms with van der Waals surface area (Å²) in [6.45, 7) is 2.03. The zero-order chi connectivity index (χ0) is 22.1. The van der Waals surface area contributed by atoms with Crippen molar-refractivity contribution in [3.63, 3.8) is 0 Å². The molecule has 0 bridgehead atoms. The van der Waals surface area contributed by atoms with Crippen molar-refractivity contribution in [1.82, 2.24) is 20.2 Å². The van der Waals surface area contributed by atoms with Crippen molar-refractivity contribution < 1.29 is 22.7 Å². The van der Waals surface area contributed by atoms with Crippen LogP contribution in [0.3, 0.4) is 0 Å². The highest BCUT2D eigenvalue weighted by Crippen LogP contribution is 2.13. The molecule has 0 radical (unpaired) electrons. The second-order valence-electron chi connectivity index (χ2n) is 6.48. The number of rotatable bonds is 11. The second kappa shape index (κ2) is 11.1. The van der Waals surface area contributed by atoms with Gasteiger partial charge in [0.2, 0.25) is 15.9 Å². The van der Waals surface area contributed by atoms with E-state index < -0.39 is 27.9 Å². The van der Waals surface area contributed by atoms with Gasteiger partial charge < -0.3 is 15.8 Å². The Morgan fingerprint density at radius 2 is 2.00 bits per heavy atom. The number of benzene rings is 1. The lowest BCUT2D eigenvalue weighted by molar-refractivity contribution is -0.142. The van der Waals surface area contributed by atoms with E-state index in [2.05, 4.69) is 25.0 Å². The number of methoxy groups -OCH3 is 1. The van der Waals surface area contributed by atoms with Crippen LogP contribution in [0.2, 0.25) is 0 Å². The maximum absolute atomic E-state index is 12.6. The molecular formula is C18H25N5O5S2. The number of nitrogens with one attached hydrogen (secondary N) is 2. The van der Waals surface area contributed by atoms with Crippen molar-refractivity contribution in [2.75, 3.05) is 20.2 Å². The largest absolute Gasteiger partial charge is 0.468 e. The van der Waals surface area contributed by atoms with Gasteiger partial charge in [0, 0.05) is 13.0 Å². The van der Waals surface area contributed by atoms with Gasteiger partial charge in [-0.25, -0.2) is 8.42 Å². The molecule has 1 aromatic heterocycles. The Balaban J connectivity index is 1.98. The Morgan fingerprint density at radius 3 is 2.67 bits per heavy atom. The fraction of sp³-hybridized carbons (Fsp3) is 0.444. The van der Waals surface area contributed by atoms with Crippen LogP contribution in [0.1, 0.15) is 22.0 Å². The van der Waals surface area contributed by atoms with Crippen LogP contribution in [-0.4, -0.2) is 56.7 Å². The lowest BCUT2D eigenvalue weighted by Gasteiger charge is -2.17. The number of esters is 1. The summed E-state index contributed by atoms with van der Waals surface area (Å²) >= 11 is 1.31. The van der Waals surface area contributed by atoms with E-state index >= 15 is 0 Å². The first-order valence-corrected chi connectivity index (χ1v) is 11.5. The first kappa shape index (κ1) is 23.9. The third-order valence-electron chi connectivity index (χ3n) is 4.00. The number of aromatic nitrogens is 2. The summed E-state index contributed by atoms with van der Waals surface area (Å²) in [5, 5.41) is 11.8. The van der Waals surface area contributed by atoms with E-state index in [1.165, 1.54) is 23.5 Å². The minimum absolute atomic E-state index is 0.0154. The van der Waals surface area contributed by atoms with Gasteiger partial charge in [0.25, 0.3) is 0 Å². The Hall–Kier alpha value is -2.41. The van der Waals surface area contributed by atoms with Crippen LogP contribution < -0.4 is 15.8 Å². The second-order valence-corrected chi connectivity index (χ2v) is 9.34. The molecule has 0 aliphatic carbocycles. The molecular weight excluding hydrogens is 430 g/mol. The maximum atomic E-state index is 12.6. The van der Waals surface area contributed by atoms with Crippen LogP contribution in [0, 0.1) is 6.92 Å². The van der Waals surface area contributed by atoms with Crippen LogP contribution in [0.4, 0.5) is 0 Å². The highest BCUT2D eigenvalue weighted by Gasteiger charge is 2.27. The van der Waals surface area contributed by atoms with Gasteiger partial charge in [-0.15, -0.1) is 21.5 Å². The van der Waals surface area contributed by atoms with E-state index in [1.807, 2.05) is 0 Å². The zero-order valence-corrected chi connectivity index (χ0v) is 18.4. The third-order valence-corrected chi connectivity index (χ3v) is 6.45. The molecule has 164 valence electrons. The number of hydrogen-bond donors (Lipinski definition) is 3. The van der Waals surface area contributed by atoms with E-state index in [1.54, 1.807) is 19.1 Å². The number of ether oxygens (including phenoxy) is 1. The smallest absolute Gasteiger partial charge is 0.325 e. The van der Waals surface area contributed by atoms with Gasteiger partial charge in [-0.2, -0.15) is 4.72 Å². The number of nitrogens with zero attached hydrogens (tertiary/aromatic N) is 2. The van der Waals surface area contributed by atoms with Crippen LogP contribution in [0.15, 0.2) is 29.2 Å². The Kier molecular flexibility index (Phi) is 8.84. The summed E-state index contributed by atoms with van der Waals surface area (Å²) in [5.74, 6) is -1.23. The molecule has 10 nitrogen and oxygen atoms in total. The molecule has 4 N–H and O–H groups in total. The molecule has 1 atom stereocenters. The molecule has 0 aliphatic rings. The van der Waals surface area contributed by atoms with Gasteiger partial charge in [-0.05, 0) is 37.6 Å². The van der Waals surface area contributed by atoms with Gasteiger partial charge in [0.05, 0.1) is 18.4 Å². The van der Waals surface area contributed by atoms with E-state index in [-0.39, 0.29) is 17.9 Å². The summed E-state index contributed by atoms with van der Waals surface area (Å²) in [4.78, 5) is 24.3. The van der Waals surface area contributed by atoms with Gasteiger partial charge >= 0.3 is 5.97 Å². The summed E-state index contributed by atoms with van der Waals surface area (Å²) in [6.07, 6.45) is 1.45. The molecule has 30 heavy (non-hydrogen) atoms. The molecule has 0 fully saturated rings. The highest BCUT2D eigenvalue weighted by atomic mass is 32.2. The lowest BCUT2D eigenvalue weighted by Crippen LogP contribution is -2.49. The summed E-state index contributed by atoms with van der Waals surface area (Å²) in [5.41, 5.74) is 6.22. The number of hydrogen-bond acceptors (Lipinski definition) is 9. The van der Waals surface area contributed by atoms with Gasteiger partial charge in [-0.3, -0.25) is 9.59 Å². The molecule has 0 saturated heterocycles. The van der Waals surface area contributed by atoms with Crippen molar-refractivity contribution in [3.8, 4) is 0 Å². The average molecular weight is 456 g/mol. The molecule has 1 amide bonds. The number of nitrogens with two attached hydrogens (primary N) is 1. The summed E-state index contributed by atoms with van der Waals surface area (Å²) in [7, 11) is -2.84. The zero-order valence-electron chi connectivity index (χ0n) is 16.8. The molecule has 0 unspecified atom stereocenters. The summed E-state index contributed by atoms with van der Waals surface area (Å²) in [6, 6.07) is 4.97. The average Bonchev–Trinajstić information content (AvgIpc) is 3.16. The fourth-order valence-electron chi connectivity index (χ4n) is 2.48. The van der Waals surface area contributed by atoms with E-state index in [9.17, 15) is 18.0 Å². The third kappa shape index (κ3) is 7.13. The number of carbonyl (C=O) groups excluding carboxylic acids is 2. The van der Waals surface area contributed by atoms with Crippen molar-refractivity contribution in [2.45, 2.75) is 37.1 Å². The predicted molar refractivity (Wildman–Crippen MR) is 111 cm³/mol. The Bertz CT molecular complexity index is 977. The van der Waals surface area contributed by atoms with Gasteiger partial charge in [0.1, 0.15) is 16.1 Å². The van der Waals surface area contributed by atoms with Gasteiger partial charge in [0.15, 0.2) is 0 Å². The monoisotopic (exact) mass is 455 g/mol. The molecule has 0 spiro atoms. The van der Waals surface area contributed by atoms with Gasteiger partial charge in [-0.1, -0.05) is 12.1 Å². The van der Waals surface area contributed by atoms with E-state index in [0.717, 1.165) is 24.1 Å². The van der Waals surface area contributed by atoms with E-state index in [0.29, 0.717) is 18.0 Å². The molecule has 1 heterocycles. The lowest BCUT2D eigenvalue weighted by atomic mass is 10.2. The van der Waals surface area contributed by atoms with Crippen molar-refractivity contribution in [2.24, 2.45) is 5.73 Å². The predicted octanol–water partition coefficient (Wildman–Crippen LogP) is -0.0834. The topological polar surface area (TPSA) is 153 Å². The van der Waals surface area contributed by atoms with Crippen LogP contribution >= 0.6 is 11.3 Å². The van der Waals surface area contributed by atoms with Crippen molar-refractivity contribution >= 4 is 33.2 Å². The van der Waals surface area contributed by atoms with Crippen LogP contribution in [-0.2, 0) is 37.2 Å². The summed E-state index contributed by atoms with van der Waals surface area (Å²) < 4.78 is 32.1. The van der Waals surface area contributed by atoms with E-state index in [4.69, 9.17) is 5.73 Å². The molecule has 2 aromatic rings. The number of aryl methyl sites for hydroxylation is 2. The Labute approximate surface area is 179 Å². The normalized spacial score (nSPS) is 12.4. The van der Waals surface area contributed by atoms with Crippen LogP contribution in [0.5, 0.6) is 0 Å². The minimum Gasteiger partial charge on any atom is -0.468 e.